The van der Waals surface area contributed by atoms with Gasteiger partial charge in [-0.25, -0.2) is 9.37 Å². The van der Waals surface area contributed by atoms with Gasteiger partial charge in [-0.05, 0) is 40.8 Å². The summed E-state index contributed by atoms with van der Waals surface area (Å²) in [5, 5.41) is 0. The summed E-state index contributed by atoms with van der Waals surface area (Å²) in [7, 11) is 0. The van der Waals surface area contributed by atoms with Crippen LogP contribution in [0.25, 0.3) is 11.0 Å². The first-order chi connectivity index (χ1) is 8.69. The molecule has 96 valence electrons. The van der Waals surface area contributed by atoms with Crippen LogP contribution in [0.3, 0.4) is 0 Å². The molecule has 1 heterocycles. The number of imidazole rings is 1. The van der Waals surface area contributed by atoms with Crippen LogP contribution < -0.4 is 0 Å². The van der Waals surface area contributed by atoms with Crippen LogP contribution in [0.1, 0.15) is 18.7 Å². The zero-order valence-corrected chi connectivity index (χ0v) is 12.1. The van der Waals surface area contributed by atoms with Crippen molar-refractivity contribution in [2.75, 3.05) is 5.88 Å². The average Bonchev–Trinajstić information content (AvgIpc) is 3.09. The molecular formula is C13H13BrClFN2. The number of alkyl halides is 1. The highest BCUT2D eigenvalue weighted by atomic mass is 79.9. The Morgan fingerprint density at radius 2 is 2.22 bits per heavy atom. The Hall–Kier alpha value is -0.610. The molecular weight excluding hydrogens is 319 g/mol. The quantitative estimate of drug-likeness (QED) is 0.770. The average molecular weight is 332 g/mol. The van der Waals surface area contributed by atoms with Crippen molar-refractivity contribution in [1.82, 2.24) is 9.55 Å². The summed E-state index contributed by atoms with van der Waals surface area (Å²) >= 11 is 9.05. The lowest BCUT2D eigenvalue weighted by Crippen LogP contribution is -2.06. The standard InChI is InChI=1S/C13H13BrClFN2/c14-9-5-12-11(6-10(9)16)17-13(3-4-15)18(12)7-8-1-2-8/h5-6,8H,1-4,7H2. The topological polar surface area (TPSA) is 17.8 Å². The lowest BCUT2D eigenvalue weighted by atomic mass is 10.3. The van der Waals surface area contributed by atoms with Crippen LogP contribution in [-0.4, -0.2) is 15.4 Å². The lowest BCUT2D eigenvalue weighted by Gasteiger charge is -2.07. The fourth-order valence-electron chi connectivity index (χ4n) is 2.21. The predicted octanol–water partition coefficient (Wildman–Crippen LogP) is 4.13. The number of rotatable bonds is 4. The summed E-state index contributed by atoms with van der Waals surface area (Å²) in [6.45, 7) is 0.973. The van der Waals surface area contributed by atoms with E-state index in [1.165, 1.54) is 18.9 Å². The number of benzene rings is 1. The Labute approximate surface area is 118 Å². The molecule has 0 spiro atoms. The van der Waals surface area contributed by atoms with Crippen molar-refractivity contribution in [2.24, 2.45) is 5.92 Å². The number of fused-ring (bicyclic) bond motifs is 1. The van der Waals surface area contributed by atoms with E-state index in [1.54, 1.807) is 0 Å². The highest BCUT2D eigenvalue weighted by molar-refractivity contribution is 9.10. The van der Waals surface area contributed by atoms with Crippen molar-refractivity contribution in [3.8, 4) is 0 Å². The van der Waals surface area contributed by atoms with E-state index in [-0.39, 0.29) is 5.82 Å². The molecule has 0 N–H and O–H groups in total. The summed E-state index contributed by atoms with van der Waals surface area (Å²) in [5.74, 6) is 1.98. The number of nitrogens with zero attached hydrogens (tertiary/aromatic N) is 2. The van der Waals surface area contributed by atoms with Crippen molar-refractivity contribution in [3.63, 3.8) is 0 Å². The van der Waals surface area contributed by atoms with Crippen molar-refractivity contribution in [2.45, 2.75) is 25.8 Å². The van der Waals surface area contributed by atoms with Crippen LogP contribution in [0.2, 0.25) is 0 Å². The van der Waals surface area contributed by atoms with E-state index in [1.807, 2.05) is 6.07 Å². The SMILES string of the molecule is Fc1cc2nc(CCCl)n(CC3CC3)c2cc1Br. The maximum Gasteiger partial charge on any atom is 0.139 e. The maximum absolute atomic E-state index is 13.5. The number of aryl methyl sites for hydroxylation is 1. The van der Waals surface area contributed by atoms with Crippen LogP contribution in [0.15, 0.2) is 16.6 Å². The van der Waals surface area contributed by atoms with Gasteiger partial charge in [0.2, 0.25) is 0 Å². The molecule has 2 nitrogen and oxygen atoms in total. The van der Waals surface area contributed by atoms with Crippen molar-refractivity contribution < 1.29 is 4.39 Å². The molecule has 0 amide bonds. The zero-order chi connectivity index (χ0) is 12.7. The van der Waals surface area contributed by atoms with E-state index in [0.717, 1.165) is 35.7 Å². The van der Waals surface area contributed by atoms with Gasteiger partial charge in [-0.3, -0.25) is 0 Å². The van der Waals surface area contributed by atoms with E-state index < -0.39 is 0 Å². The molecule has 0 atom stereocenters. The Bertz CT molecular complexity index is 592. The molecule has 0 saturated heterocycles. The van der Waals surface area contributed by atoms with Gasteiger partial charge in [-0.15, -0.1) is 11.6 Å². The van der Waals surface area contributed by atoms with Crippen molar-refractivity contribution in [3.05, 3.63) is 28.2 Å². The molecule has 1 aliphatic rings. The fraction of sp³-hybridized carbons (Fsp3) is 0.462. The summed E-state index contributed by atoms with van der Waals surface area (Å²) in [5.41, 5.74) is 1.71. The minimum absolute atomic E-state index is 0.268. The molecule has 18 heavy (non-hydrogen) atoms. The highest BCUT2D eigenvalue weighted by Crippen LogP contribution is 2.33. The first-order valence-electron chi connectivity index (χ1n) is 6.09. The van der Waals surface area contributed by atoms with Crippen LogP contribution in [0, 0.1) is 11.7 Å². The fourth-order valence-corrected chi connectivity index (χ4v) is 2.71. The number of hydrogen-bond donors (Lipinski definition) is 0. The molecule has 1 aromatic carbocycles. The van der Waals surface area contributed by atoms with Gasteiger partial charge >= 0.3 is 0 Å². The lowest BCUT2D eigenvalue weighted by molar-refractivity contribution is 0.612. The molecule has 0 bridgehead atoms. The summed E-state index contributed by atoms with van der Waals surface area (Å²) in [4.78, 5) is 4.50. The van der Waals surface area contributed by atoms with Gasteiger partial charge in [0.1, 0.15) is 11.6 Å². The molecule has 0 aliphatic heterocycles. The number of halogens is 3. The predicted molar refractivity (Wildman–Crippen MR) is 74.5 cm³/mol. The van der Waals surface area contributed by atoms with Gasteiger partial charge in [-0.2, -0.15) is 0 Å². The monoisotopic (exact) mass is 330 g/mol. The molecule has 2 aromatic rings. The molecule has 0 unspecified atom stereocenters. The number of hydrogen-bond acceptors (Lipinski definition) is 1. The molecule has 5 heteroatoms. The van der Waals surface area contributed by atoms with Crippen LogP contribution in [0.4, 0.5) is 4.39 Å². The van der Waals surface area contributed by atoms with Crippen molar-refractivity contribution >= 4 is 38.6 Å². The van der Waals surface area contributed by atoms with Crippen molar-refractivity contribution in [1.29, 1.82) is 0 Å². The summed E-state index contributed by atoms with van der Waals surface area (Å²) in [6.07, 6.45) is 3.28. The molecule has 0 radical (unpaired) electrons. The third-order valence-electron chi connectivity index (χ3n) is 3.33. The Morgan fingerprint density at radius 1 is 1.44 bits per heavy atom. The summed E-state index contributed by atoms with van der Waals surface area (Å²) < 4.78 is 16.2. The maximum atomic E-state index is 13.5. The molecule has 1 aromatic heterocycles. The second-order valence-corrected chi connectivity index (χ2v) is 6.01. The van der Waals surface area contributed by atoms with Gasteiger partial charge in [0, 0.05) is 24.9 Å². The smallest absolute Gasteiger partial charge is 0.139 e. The second kappa shape index (κ2) is 4.82. The Balaban J connectivity index is 2.13. The minimum atomic E-state index is -0.268. The van der Waals surface area contributed by atoms with E-state index in [9.17, 15) is 4.39 Å². The van der Waals surface area contributed by atoms with Gasteiger partial charge < -0.3 is 4.57 Å². The largest absolute Gasteiger partial charge is 0.328 e. The van der Waals surface area contributed by atoms with E-state index >= 15 is 0 Å². The van der Waals surface area contributed by atoms with Gasteiger partial charge in [0.25, 0.3) is 0 Å². The molecule has 3 rings (SSSR count). The third kappa shape index (κ3) is 2.28. The summed E-state index contributed by atoms with van der Waals surface area (Å²) in [6, 6.07) is 3.30. The van der Waals surface area contributed by atoms with Gasteiger partial charge in [0.15, 0.2) is 0 Å². The van der Waals surface area contributed by atoms with E-state index in [4.69, 9.17) is 11.6 Å². The first-order valence-corrected chi connectivity index (χ1v) is 7.42. The van der Waals surface area contributed by atoms with Crippen LogP contribution in [-0.2, 0) is 13.0 Å². The third-order valence-corrected chi connectivity index (χ3v) is 4.12. The molecule has 1 aliphatic carbocycles. The van der Waals surface area contributed by atoms with Gasteiger partial charge in [0.05, 0.1) is 15.5 Å². The second-order valence-electron chi connectivity index (χ2n) is 4.78. The van der Waals surface area contributed by atoms with E-state index in [0.29, 0.717) is 10.4 Å². The van der Waals surface area contributed by atoms with Crippen LogP contribution in [0.5, 0.6) is 0 Å². The Kier molecular flexibility index (Phi) is 3.32. The normalized spacial score (nSPS) is 15.5. The first kappa shape index (κ1) is 12.4. The van der Waals surface area contributed by atoms with Crippen LogP contribution >= 0.6 is 27.5 Å². The Morgan fingerprint density at radius 3 is 2.89 bits per heavy atom. The van der Waals surface area contributed by atoms with E-state index in [2.05, 4.69) is 25.5 Å². The minimum Gasteiger partial charge on any atom is -0.328 e. The highest BCUT2D eigenvalue weighted by Gasteiger charge is 2.24. The zero-order valence-electron chi connectivity index (χ0n) is 9.80. The number of aromatic nitrogens is 2. The molecule has 1 fully saturated rings. The van der Waals surface area contributed by atoms with Gasteiger partial charge in [-0.1, -0.05) is 0 Å². The molecule has 1 saturated carbocycles.